The average molecular weight is 376 g/mol. The Hall–Kier alpha value is -2.67. The van der Waals surface area contributed by atoms with Gasteiger partial charge in [0.25, 0.3) is 0 Å². The van der Waals surface area contributed by atoms with Gasteiger partial charge >= 0.3 is 0 Å². The molecule has 0 bridgehead atoms. The minimum Gasteiger partial charge on any atom is -0.493 e. The third kappa shape index (κ3) is 7.22. The first-order valence-corrected chi connectivity index (χ1v) is 8.77. The Bertz CT molecular complexity index is 700. The number of halogens is 1. The number of hydrogen-bond acceptors (Lipinski definition) is 4. The molecule has 1 aromatic carbocycles. The van der Waals surface area contributed by atoms with E-state index in [1.165, 1.54) is 20.1 Å². The van der Waals surface area contributed by atoms with Gasteiger partial charge in [0.1, 0.15) is 17.6 Å². The van der Waals surface area contributed by atoms with Gasteiger partial charge in [-0.15, -0.1) is 0 Å². The zero-order chi connectivity index (χ0) is 19.6. The zero-order valence-electron chi connectivity index (χ0n) is 15.5. The monoisotopic (exact) mass is 376 g/mol. The lowest BCUT2D eigenvalue weighted by molar-refractivity contribution is -0.129. The number of rotatable bonds is 9. The van der Waals surface area contributed by atoms with E-state index in [0.717, 1.165) is 12.0 Å². The highest BCUT2D eigenvalue weighted by atomic mass is 19.1. The van der Waals surface area contributed by atoms with E-state index in [1.807, 2.05) is 12.1 Å². The van der Waals surface area contributed by atoms with Crippen LogP contribution in [0.4, 0.5) is 4.39 Å². The summed E-state index contributed by atoms with van der Waals surface area (Å²) in [5.74, 6) is -0.125. The van der Waals surface area contributed by atoms with Gasteiger partial charge in [0.05, 0.1) is 13.2 Å². The van der Waals surface area contributed by atoms with Gasteiger partial charge in [-0.05, 0) is 36.3 Å². The summed E-state index contributed by atoms with van der Waals surface area (Å²) in [7, 11) is 1.47. The number of nitrogens with one attached hydrogen (secondary N) is 2. The maximum absolute atomic E-state index is 13.2. The lowest BCUT2D eigenvalue weighted by Gasteiger charge is -2.17. The topological polar surface area (TPSA) is 76.7 Å². The van der Waals surface area contributed by atoms with Crippen molar-refractivity contribution in [1.82, 2.24) is 10.6 Å². The minimum absolute atomic E-state index is 0.0282. The van der Waals surface area contributed by atoms with Crippen LogP contribution in [0.2, 0.25) is 0 Å². The number of hydrogen-bond donors (Lipinski definition) is 2. The summed E-state index contributed by atoms with van der Waals surface area (Å²) in [4.78, 5) is 23.3. The molecule has 146 valence electrons. The predicted octanol–water partition coefficient (Wildman–Crippen LogP) is 2.26. The molecule has 0 fully saturated rings. The van der Waals surface area contributed by atoms with Gasteiger partial charge in [-0.1, -0.05) is 18.2 Å². The van der Waals surface area contributed by atoms with E-state index in [9.17, 15) is 14.0 Å². The largest absolute Gasteiger partial charge is 0.493 e. The fourth-order valence-electron chi connectivity index (χ4n) is 2.63. The number of carbonyl (C=O) groups excluding carboxylic acids is 2. The van der Waals surface area contributed by atoms with E-state index in [-0.39, 0.29) is 30.2 Å². The Morgan fingerprint density at radius 1 is 1.30 bits per heavy atom. The highest BCUT2D eigenvalue weighted by Gasteiger charge is 2.18. The van der Waals surface area contributed by atoms with Crippen LogP contribution >= 0.6 is 0 Å². The van der Waals surface area contributed by atoms with Crippen LogP contribution in [-0.2, 0) is 20.9 Å². The molecule has 7 heteroatoms. The molecule has 2 amide bonds. The second-order valence-electron chi connectivity index (χ2n) is 6.33. The number of allylic oxidation sites excluding steroid dienone is 3. The molecule has 0 radical (unpaired) electrons. The SMILES string of the molecule is COC[C@@H](NC(C)=O)C(=O)NCc1ccc(OCC2C=C(F)C=CC2)cc1. The fraction of sp³-hybridized carbons (Fsp3) is 0.400. The first-order chi connectivity index (χ1) is 13.0. The zero-order valence-corrected chi connectivity index (χ0v) is 15.5. The minimum atomic E-state index is -0.729. The molecular formula is C20H25FN2O4. The molecule has 27 heavy (non-hydrogen) atoms. The van der Waals surface area contributed by atoms with E-state index < -0.39 is 6.04 Å². The summed E-state index contributed by atoms with van der Waals surface area (Å²) in [5, 5.41) is 5.31. The van der Waals surface area contributed by atoms with Crippen molar-refractivity contribution in [2.75, 3.05) is 20.3 Å². The van der Waals surface area contributed by atoms with Crippen LogP contribution in [0.1, 0.15) is 18.9 Å². The van der Waals surface area contributed by atoms with Crippen molar-refractivity contribution in [2.24, 2.45) is 5.92 Å². The van der Waals surface area contributed by atoms with E-state index in [2.05, 4.69) is 10.6 Å². The van der Waals surface area contributed by atoms with Gasteiger partial charge in [-0.25, -0.2) is 4.39 Å². The summed E-state index contributed by atoms with van der Waals surface area (Å²) in [6.07, 6.45) is 5.58. The molecule has 0 saturated heterocycles. The van der Waals surface area contributed by atoms with Crippen LogP contribution in [0, 0.1) is 5.92 Å². The molecule has 1 aromatic rings. The molecule has 0 aromatic heterocycles. The Morgan fingerprint density at radius 2 is 2.04 bits per heavy atom. The Morgan fingerprint density at radius 3 is 2.67 bits per heavy atom. The number of benzene rings is 1. The second-order valence-corrected chi connectivity index (χ2v) is 6.33. The van der Waals surface area contributed by atoms with Crippen molar-refractivity contribution >= 4 is 11.8 Å². The Balaban J connectivity index is 1.80. The molecule has 0 saturated carbocycles. The second kappa shape index (κ2) is 10.5. The van der Waals surface area contributed by atoms with Gasteiger partial charge < -0.3 is 20.1 Å². The summed E-state index contributed by atoms with van der Waals surface area (Å²) < 4.78 is 23.8. The first kappa shape index (κ1) is 20.6. The van der Waals surface area contributed by atoms with Crippen molar-refractivity contribution in [3.05, 3.63) is 53.9 Å². The molecular weight excluding hydrogens is 351 g/mol. The summed E-state index contributed by atoms with van der Waals surface area (Å²) in [6, 6.07) is 6.57. The van der Waals surface area contributed by atoms with Crippen molar-refractivity contribution in [3.8, 4) is 5.75 Å². The molecule has 1 unspecified atom stereocenters. The number of amides is 2. The van der Waals surface area contributed by atoms with Gasteiger partial charge in [-0.3, -0.25) is 9.59 Å². The molecule has 0 heterocycles. The standard InChI is InChI=1S/C20H25FN2O4/c1-14(24)23-19(13-26-2)20(25)22-11-15-6-8-18(9-7-15)27-12-16-4-3-5-17(21)10-16/h3,5-10,16,19H,4,11-13H2,1-2H3,(H,22,25)(H,23,24)/t16?,19-/m1/s1. The van der Waals surface area contributed by atoms with Crippen LogP contribution in [0.5, 0.6) is 5.75 Å². The van der Waals surface area contributed by atoms with Gasteiger partial charge in [0.2, 0.25) is 11.8 Å². The molecule has 0 aliphatic heterocycles. The van der Waals surface area contributed by atoms with Gasteiger partial charge in [0.15, 0.2) is 0 Å². The molecule has 2 atom stereocenters. The maximum atomic E-state index is 13.2. The Kier molecular flexibility index (Phi) is 8.00. The number of ether oxygens (including phenoxy) is 2. The van der Waals surface area contributed by atoms with E-state index in [4.69, 9.17) is 9.47 Å². The third-order valence-electron chi connectivity index (χ3n) is 3.99. The third-order valence-corrected chi connectivity index (χ3v) is 3.99. The molecule has 6 nitrogen and oxygen atoms in total. The average Bonchev–Trinajstić information content (AvgIpc) is 2.64. The summed E-state index contributed by atoms with van der Waals surface area (Å²) in [6.45, 7) is 2.18. The van der Waals surface area contributed by atoms with Crippen molar-refractivity contribution in [1.29, 1.82) is 0 Å². The molecule has 0 spiro atoms. The van der Waals surface area contributed by atoms with E-state index in [0.29, 0.717) is 18.9 Å². The normalized spacial score (nSPS) is 17.0. The first-order valence-electron chi connectivity index (χ1n) is 8.77. The molecule has 1 aliphatic rings. The van der Waals surface area contributed by atoms with E-state index in [1.54, 1.807) is 24.3 Å². The molecule has 1 aliphatic carbocycles. The van der Waals surface area contributed by atoms with Crippen molar-refractivity contribution < 1.29 is 23.5 Å². The van der Waals surface area contributed by atoms with Gasteiger partial charge in [-0.2, -0.15) is 0 Å². The van der Waals surface area contributed by atoms with Crippen LogP contribution in [0.25, 0.3) is 0 Å². The highest BCUT2D eigenvalue weighted by molar-refractivity contribution is 5.86. The lowest BCUT2D eigenvalue weighted by atomic mass is 10.0. The maximum Gasteiger partial charge on any atom is 0.245 e. The van der Waals surface area contributed by atoms with Crippen LogP contribution < -0.4 is 15.4 Å². The lowest BCUT2D eigenvalue weighted by Crippen LogP contribution is -2.48. The summed E-state index contributed by atoms with van der Waals surface area (Å²) in [5.41, 5.74) is 0.890. The van der Waals surface area contributed by atoms with E-state index >= 15 is 0 Å². The summed E-state index contributed by atoms with van der Waals surface area (Å²) >= 11 is 0. The van der Waals surface area contributed by atoms with Crippen molar-refractivity contribution in [3.63, 3.8) is 0 Å². The fourth-order valence-corrected chi connectivity index (χ4v) is 2.63. The molecule has 2 rings (SSSR count). The van der Waals surface area contributed by atoms with Crippen LogP contribution in [0.3, 0.4) is 0 Å². The number of methoxy groups -OCH3 is 1. The van der Waals surface area contributed by atoms with Crippen LogP contribution in [-0.4, -0.2) is 38.2 Å². The highest BCUT2D eigenvalue weighted by Crippen LogP contribution is 2.20. The van der Waals surface area contributed by atoms with Gasteiger partial charge in [0, 0.05) is 26.5 Å². The quantitative estimate of drug-likeness (QED) is 0.693. The predicted molar refractivity (Wildman–Crippen MR) is 99.7 cm³/mol. The smallest absolute Gasteiger partial charge is 0.245 e. The van der Waals surface area contributed by atoms with Crippen LogP contribution in [0.15, 0.2) is 48.3 Å². The Labute approximate surface area is 158 Å². The number of carbonyl (C=O) groups is 2. The van der Waals surface area contributed by atoms with Crippen molar-refractivity contribution in [2.45, 2.75) is 25.9 Å². The molecule has 2 N–H and O–H groups in total.